The molecule has 0 amide bonds. The van der Waals surface area contributed by atoms with Gasteiger partial charge in [-0.15, -0.1) is 0 Å². The van der Waals surface area contributed by atoms with Crippen LogP contribution in [-0.4, -0.2) is 24.2 Å². The van der Waals surface area contributed by atoms with E-state index < -0.39 is 17.9 Å². The van der Waals surface area contributed by atoms with Crippen LogP contribution in [0.15, 0.2) is 12.1 Å². The fourth-order valence-corrected chi connectivity index (χ4v) is 1.38. The first-order chi connectivity index (χ1) is 9.35. The van der Waals surface area contributed by atoms with Gasteiger partial charge in [-0.05, 0) is 12.1 Å². The number of carbonyl (C=O) groups excluding carboxylic acids is 4. The molecule has 0 spiro atoms. The summed E-state index contributed by atoms with van der Waals surface area (Å²) in [6.45, 7) is 3.38. The van der Waals surface area contributed by atoms with Crippen LogP contribution in [-0.2, 0) is 14.4 Å². The maximum Gasteiger partial charge on any atom is 0.308 e. The number of rotatable bonds is 4. The minimum absolute atomic E-state index is 0.0210. The Labute approximate surface area is 114 Å². The number of ether oxygens (including phenoxy) is 3. The maximum absolute atomic E-state index is 11.1. The van der Waals surface area contributed by atoms with Gasteiger partial charge in [0, 0.05) is 20.8 Å². The molecule has 0 atom stereocenters. The Hall–Kier alpha value is -2.70. The van der Waals surface area contributed by atoms with E-state index in [1.165, 1.54) is 12.1 Å². The zero-order chi connectivity index (χ0) is 15.3. The quantitative estimate of drug-likeness (QED) is 0.465. The minimum Gasteiger partial charge on any atom is -0.423 e. The Balaban J connectivity index is 3.45. The van der Waals surface area contributed by atoms with Crippen molar-refractivity contribution in [1.29, 1.82) is 0 Å². The second-order valence-electron chi connectivity index (χ2n) is 3.71. The molecule has 1 aromatic rings. The zero-order valence-electron chi connectivity index (χ0n) is 11.1. The van der Waals surface area contributed by atoms with E-state index in [1.807, 2.05) is 0 Å². The van der Waals surface area contributed by atoms with Crippen LogP contribution in [0.5, 0.6) is 17.2 Å². The summed E-state index contributed by atoms with van der Waals surface area (Å²) in [6, 6.07) is 2.53. The SMILES string of the molecule is CC(=O)Oc1ccc(C=O)c(OC(C)=O)c1OC(C)=O. The van der Waals surface area contributed by atoms with Crippen LogP contribution >= 0.6 is 0 Å². The highest BCUT2D eigenvalue weighted by Gasteiger charge is 2.21. The smallest absolute Gasteiger partial charge is 0.308 e. The molecule has 0 heterocycles. The number of carbonyl (C=O) groups is 4. The van der Waals surface area contributed by atoms with Crippen molar-refractivity contribution in [2.24, 2.45) is 0 Å². The number of hydrogen-bond acceptors (Lipinski definition) is 7. The highest BCUT2D eigenvalue weighted by atomic mass is 16.6. The lowest BCUT2D eigenvalue weighted by Gasteiger charge is -2.14. The van der Waals surface area contributed by atoms with Crippen LogP contribution in [0.2, 0.25) is 0 Å². The van der Waals surface area contributed by atoms with Crippen molar-refractivity contribution in [2.45, 2.75) is 20.8 Å². The van der Waals surface area contributed by atoms with E-state index in [2.05, 4.69) is 0 Å². The van der Waals surface area contributed by atoms with E-state index in [-0.39, 0.29) is 22.8 Å². The molecule has 7 heteroatoms. The van der Waals surface area contributed by atoms with Crippen LogP contribution in [0.1, 0.15) is 31.1 Å². The molecule has 0 N–H and O–H groups in total. The van der Waals surface area contributed by atoms with Crippen LogP contribution in [0.25, 0.3) is 0 Å². The van der Waals surface area contributed by atoms with Gasteiger partial charge in [-0.3, -0.25) is 19.2 Å². The van der Waals surface area contributed by atoms with Gasteiger partial charge in [0.15, 0.2) is 17.8 Å². The summed E-state index contributed by atoms with van der Waals surface area (Å²) >= 11 is 0. The number of aldehydes is 1. The number of hydrogen-bond donors (Lipinski definition) is 0. The molecule has 0 saturated heterocycles. The Morgan fingerprint density at radius 1 is 0.850 bits per heavy atom. The summed E-state index contributed by atoms with van der Waals surface area (Å²) in [5.41, 5.74) is -0.0210. The molecule has 0 radical (unpaired) electrons. The minimum atomic E-state index is -0.727. The second kappa shape index (κ2) is 6.46. The van der Waals surface area contributed by atoms with E-state index in [4.69, 9.17) is 14.2 Å². The maximum atomic E-state index is 11.1. The Bertz CT molecular complexity index is 574. The van der Waals surface area contributed by atoms with Crippen molar-refractivity contribution in [3.05, 3.63) is 17.7 Å². The van der Waals surface area contributed by atoms with Crippen molar-refractivity contribution < 1.29 is 33.4 Å². The summed E-state index contributed by atoms with van der Waals surface area (Å²) in [5, 5.41) is 0. The summed E-state index contributed by atoms with van der Waals surface area (Å²) in [5.74, 6) is -2.81. The lowest BCUT2D eigenvalue weighted by Crippen LogP contribution is -2.11. The topological polar surface area (TPSA) is 96.0 Å². The Kier molecular flexibility index (Phi) is 4.96. The predicted molar refractivity (Wildman–Crippen MR) is 65.8 cm³/mol. The third-order valence-electron chi connectivity index (χ3n) is 1.98. The monoisotopic (exact) mass is 280 g/mol. The van der Waals surface area contributed by atoms with Gasteiger partial charge in [-0.2, -0.15) is 0 Å². The molecule has 106 valence electrons. The largest absolute Gasteiger partial charge is 0.423 e. The van der Waals surface area contributed by atoms with E-state index >= 15 is 0 Å². The number of benzene rings is 1. The van der Waals surface area contributed by atoms with Gasteiger partial charge in [0.25, 0.3) is 0 Å². The Morgan fingerprint density at radius 3 is 1.80 bits per heavy atom. The molecule has 20 heavy (non-hydrogen) atoms. The van der Waals surface area contributed by atoms with Gasteiger partial charge in [0.05, 0.1) is 5.56 Å². The predicted octanol–water partition coefficient (Wildman–Crippen LogP) is 1.27. The molecule has 0 aliphatic rings. The average molecular weight is 280 g/mol. The lowest BCUT2D eigenvalue weighted by atomic mass is 10.2. The first-order valence-corrected chi connectivity index (χ1v) is 5.52. The van der Waals surface area contributed by atoms with Crippen molar-refractivity contribution in [3.8, 4) is 17.2 Å². The molecule has 0 aliphatic carbocycles. The average Bonchev–Trinajstić information content (AvgIpc) is 2.31. The molecule has 0 fully saturated rings. The molecule has 0 aliphatic heterocycles. The molecule has 1 aromatic carbocycles. The van der Waals surface area contributed by atoms with Crippen molar-refractivity contribution in [3.63, 3.8) is 0 Å². The summed E-state index contributed by atoms with van der Waals surface area (Å²) < 4.78 is 14.6. The van der Waals surface area contributed by atoms with Gasteiger partial charge >= 0.3 is 17.9 Å². The molecule has 0 bridgehead atoms. The summed E-state index contributed by atoms with van der Waals surface area (Å²) in [6.07, 6.45) is 0.419. The molecule has 0 aromatic heterocycles. The van der Waals surface area contributed by atoms with E-state index in [0.29, 0.717) is 6.29 Å². The van der Waals surface area contributed by atoms with E-state index in [0.717, 1.165) is 20.8 Å². The zero-order valence-corrected chi connectivity index (χ0v) is 11.1. The van der Waals surface area contributed by atoms with Crippen molar-refractivity contribution in [2.75, 3.05) is 0 Å². The summed E-state index contributed by atoms with van der Waals surface area (Å²) in [7, 11) is 0. The third kappa shape index (κ3) is 3.91. The van der Waals surface area contributed by atoms with Crippen LogP contribution in [0.3, 0.4) is 0 Å². The molecular weight excluding hydrogens is 268 g/mol. The molecule has 0 saturated carbocycles. The third-order valence-corrected chi connectivity index (χ3v) is 1.98. The van der Waals surface area contributed by atoms with Gasteiger partial charge < -0.3 is 14.2 Å². The highest BCUT2D eigenvalue weighted by molar-refractivity contribution is 5.87. The highest BCUT2D eigenvalue weighted by Crippen LogP contribution is 2.40. The van der Waals surface area contributed by atoms with Crippen molar-refractivity contribution >= 4 is 24.2 Å². The standard InChI is InChI=1S/C13H12O7/c1-7(15)18-11-5-4-10(6-14)12(19-8(2)16)13(11)20-9(3)17/h4-6H,1-3H3. The number of esters is 3. The van der Waals surface area contributed by atoms with Crippen molar-refractivity contribution in [1.82, 2.24) is 0 Å². The second-order valence-corrected chi connectivity index (χ2v) is 3.71. The lowest BCUT2D eigenvalue weighted by molar-refractivity contribution is -0.135. The van der Waals surface area contributed by atoms with Gasteiger partial charge in [0.1, 0.15) is 0 Å². The van der Waals surface area contributed by atoms with E-state index in [1.54, 1.807) is 0 Å². The summed E-state index contributed by atoms with van der Waals surface area (Å²) in [4.78, 5) is 44.1. The van der Waals surface area contributed by atoms with Crippen LogP contribution < -0.4 is 14.2 Å². The van der Waals surface area contributed by atoms with Crippen LogP contribution in [0, 0.1) is 0 Å². The fraction of sp³-hybridized carbons (Fsp3) is 0.231. The molecular formula is C13H12O7. The molecule has 7 nitrogen and oxygen atoms in total. The Morgan fingerprint density at radius 2 is 1.35 bits per heavy atom. The first kappa shape index (κ1) is 15.4. The van der Waals surface area contributed by atoms with E-state index in [9.17, 15) is 19.2 Å². The normalized spacial score (nSPS) is 9.55. The fourth-order valence-electron chi connectivity index (χ4n) is 1.38. The van der Waals surface area contributed by atoms with Crippen LogP contribution in [0.4, 0.5) is 0 Å². The van der Waals surface area contributed by atoms with Gasteiger partial charge in [-0.1, -0.05) is 0 Å². The molecule has 0 unspecified atom stereocenters. The molecule has 1 rings (SSSR count). The van der Waals surface area contributed by atoms with Gasteiger partial charge in [0.2, 0.25) is 5.75 Å². The first-order valence-electron chi connectivity index (χ1n) is 5.52. The van der Waals surface area contributed by atoms with Gasteiger partial charge in [-0.25, -0.2) is 0 Å².